The first kappa shape index (κ1) is 12.4. The Morgan fingerprint density at radius 2 is 1.81 bits per heavy atom. The molecule has 1 aliphatic carbocycles. The molecule has 1 aliphatic heterocycles. The second kappa shape index (κ2) is 5.05. The maximum absolute atomic E-state index is 3.58. The first-order valence-electron chi connectivity index (χ1n) is 7.07. The first-order chi connectivity index (χ1) is 7.64. The monoisotopic (exact) mass is 224 g/mol. The van der Waals surface area contributed by atoms with E-state index in [2.05, 4.69) is 31.1 Å². The van der Waals surface area contributed by atoms with Crippen LogP contribution in [-0.2, 0) is 0 Å². The lowest BCUT2D eigenvalue weighted by Gasteiger charge is -2.44. The summed E-state index contributed by atoms with van der Waals surface area (Å²) in [4.78, 5) is 2.69. The van der Waals surface area contributed by atoms with Gasteiger partial charge in [-0.1, -0.05) is 19.3 Å². The zero-order valence-electron chi connectivity index (χ0n) is 11.3. The molecule has 94 valence electrons. The third-order valence-electron chi connectivity index (χ3n) is 4.92. The molecule has 16 heavy (non-hydrogen) atoms. The minimum Gasteiger partial charge on any atom is -0.315 e. The number of likely N-dealkylation sites (N-methyl/N-ethyl adjacent to an activating group) is 1. The average Bonchev–Trinajstić information content (AvgIpc) is 2.68. The second-order valence-corrected chi connectivity index (χ2v) is 6.22. The van der Waals surface area contributed by atoms with Crippen LogP contribution in [0.25, 0.3) is 0 Å². The van der Waals surface area contributed by atoms with Crippen molar-refractivity contribution in [3.05, 3.63) is 0 Å². The van der Waals surface area contributed by atoms with Crippen LogP contribution in [0.5, 0.6) is 0 Å². The van der Waals surface area contributed by atoms with Gasteiger partial charge in [0.05, 0.1) is 0 Å². The molecule has 2 fully saturated rings. The SMILES string of the molecule is CNC(CC1CCC1)C(C)(C)N1CCCC1. The Hall–Kier alpha value is -0.0800. The Kier molecular flexibility index (Phi) is 3.91. The molecule has 1 saturated heterocycles. The van der Waals surface area contributed by atoms with E-state index >= 15 is 0 Å². The Balaban J connectivity index is 1.93. The number of likely N-dealkylation sites (tertiary alicyclic amines) is 1. The van der Waals surface area contributed by atoms with Crippen LogP contribution in [-0.4, -0.2) is 36.6 Å². The van der Waals surface area contributed by atoms with Gasteiger partial charge in [0.15, 0.2) is 0 Å². The quantitative estimate of drug-likeness (QED) is 0.772. The van der Waals surface area contributed by atoms with Gasteiger partial charge in [0.1, 0.15) is 0 Å². The number of nitrogens with zero attached hydrogens (tertiary/aromatic N) is 1. The van der Waals surface area contributed by atoms with Crippen LogP contribution in [0.3, 0.4) is 0 Å². The van der Waals surface area contributed by atoms with Crippen molar-refractivity contribution in [2.45, 2.75) is 64.0 Å². The van der Waals surface area contributed by atoms with Crippen molar-refractivity contribution >= 4 is 0 Å². The lowest BCUT2D eigenvalue weighted by molar-refractivity contribution is 0.0878. The molecule has 0 bridgehead atoms. The third kappa shape index (κ3) is 2.43. The molecule has 0 aromatic rings. The molecule has 0 amide bonds. The molecule has 1 atom stereocenters. The van der Waals surface area contributed by atoms with Gasteiger partial charge in [0, 0.05) is 11.6 Å². The molecule has 1 heterocycles. The summed E-state index contributed by atoms with van der Waals surface area (Å²) in [6.07, 6.45) is 8.56. The fourth-order valence-electron chi connectivity index (χ4n) is 3.34. The summed E-state index contributed by atoms with van der Waals surface area (Å²) < 4.78 is 0. The van der Waals surface area contributed by atoms with E-state index in [9.17, 15) is 0 Å². The summed E-state index contributed by atoms with van der Waals surface area (Å²) in [5.74, 6) is 0.999. The smallest absolute Gasteiger partial charge is 0.0306 e. The topological polar surface area (TPSA) is 15.3 Å². The lowest BCUT2D eigenvalue weighted by Crippen LogP contribution is -2.56. The van der Waals surface area contributed by atoms with Crippen LogP contribution < -0.4 is 5.32 Å². The van der Waals surface area contributed by atoms with Gasteiger partial charge >= 0.3 is 0 Å². The van der Waals surface area contributed by atoms with Crippen LogP contribution in [0.15, 0.2) is 0 Å². The number of rotatable bonds is 5. The van der Waals surface area contributed by atoms with Crippen LogP contribution in [0.1, 0.15) is 52.4 Å². The Morgan fingerprint density at radius 3 is 2.25 bits per heavy atom. The van der Waals surface area contributed by atoms with Crippen molar-refractivity contribution < 1.29 is 0 Å². The van der Waals surface area contributed by atoms with Crippen LogP contribution in [0.4, 0.5) is 0 Å². The van der Waals surface area contributed by atoms with Crippen molar-refractivity contribution in [2.24, 2.45) is 5.92 Å². The van der Waals surface area contributed by atoms with E-state index in [1.165, 1.54) is 51.6 Å². The normalized spacial score (nSPS) is 25.7. The summed E-state index contributed by atoms with van der Waals surface area (Å²) in [6.45, 7) is 7.46. The van der Waals surface area contributed by atoms with E-state index in [1.807, 2.05) is 0 Å². The van der Waals surface area contributed by atoms with Gasteiger partial charge < -0.3 is 5.32 Å². The average molecular weight is 224 g/mol. The molecule has 0 spiro atoms. The van der Waals surface area contributed by atoms with E-state index in [-0.39, 0.29) is 0 Å². The lowest BCUT2D eigenvalue weighted by atomic mass is 9.76. The molecular formula is C14H28N2. The molecule has 1 unspecified atom stereocenters. The van der Waals surface area contributed by atoms with Crippen molar-refractivity contribution in [3.63, 3.8) is 0 Å². The molecular weight excluding hydrogens is 196 g/mol. The molecule has 2 heteroatoms. The van der Waals surface area contributed by atoms with Gasteiger partial charge in [-0.25, -0.2) is 0 Å². The molecule has 1 N–H and O–H groups in total. The summed E-state index contributed by atoms with van der Waals surface area (Å²) in [5.41, 5.74) is 0.334. The Morgan fingerprint density at radius 1 is 1.19 bits per heavy atom. The van der Waals surface area contributed by atoms with Crippen LogP contribution in [0.2, 0.25) is 0 Å². The summed E-state index contributed by atoms with van der Waals surface area (Å²) in [5, 5.41) is 3.58. The molecule has 0 aromatic heterocycles. The fourth-order valence-corrected chi connectivity index (χ4v) is 3.34. The highest BCUT2D eigenvalue weighted by atomic mass is 15.2. The molecule has 2 rings (SSSR count). The van der Waals surface area contributed by atoms with Gasteiger partial charge in [-0.15, -0.1) is 0 Å². The largest absolute Gasteiger partial charge is 0.315 e. The van der Waals surface area contributed by atoms with Crippen molar-refractivity contribution in [1.29, 1.82) is 0 Å². The summed E-state index contributed by atoms with van der Waals surface area (Å²) in [7, 11) is 2.14. The summed E-state index contributed by atoms with van der Waals surface area (Å²) >= 11 is 0. The number of nitrogens with one attached hydrogen (secondary N) is 1. The standard InChI is InChI=1S/C14H28N2/c1-14(2,16-9-4-5-10-16)13(15-3)11-12-7-6-8-12/h12-13,15H,4-11H2,1-3H3. The van der Waals surface area contributed by atoms with Gasteiger partial charge in [0.2, 0.25) is 0 Å². The fraction of sp³-hybridized carbons (Fsp3) is 1.00. The van der Waals surface area contributed by atoms with E-state index in [4.69, 9.17) is 0 Å². The highest BCUT2D eigenvalue weighted by Crippen LogP contribution is 2.35. The van der Waals surface area contributed by atoms with Crippen molar-refractivity contribution in [1.82, 2.24) is 10.2 Å². The molecule has 2 nitrogen and oxygen atoms in total. The number of hydrogen-bond acceptors (Lipinski definition) is 2. The van der Waals surface area contributed by atoms with Crippen molar-refractivity contribution in [3.8, 4) is 0 Å². The van der Waals surface area contributed by atoms with Gasteiger partial charge in [-0.05, 0) is 59.2 Å². The molecule has 1 saturated carbocycles. The third-order valence-corrected chi connectivity index (χ3v) is 4.92. The highest BCUT2D eigenvalue weighted by Gasteiger charge is 2.37. The molecule has 2 aliphatic rings. The molecule has 0 aromatic carbocycles. The maximum Gasteiger partial charge on any atom is 0.0306 e. The minimum absolute atomic E-state index is 0.334. The van der Waals surface area contributed by atoms with Gasteiger partial charge in [-0.2, -0.15) is 0 Å². The maximum atomic E-state index is 3.58. The predicted molar refractivity (Wildman–Crippen MR) is 69.7 cm³/mol. The van der Waals surface area contributed by atoms with Gasteiger partial charge in [-0.3, -0.25) is 4.90 Å². The molecule has 0 radical (unpaired) electrons. The summed E-state index contributed by atoms with van der Waals surface area (Å²) in [6, 6.07) is 0.663. The predicted octanol–water partition coefficient (Wildman–Crippen LogP) is 2.64. The van der Waals surface area contributed by atoms with Gasteiger partial charge in [0.25, 0.3) is 0 Å². The Bertz CT molecular complexity index is 215. The zero-order chi connectivity index (χ0) is 11.6. The highest BCUT2D eigenvalue weighted by molar-refractivity contribution is 4.96. The van der Waals surface area contributed by atoms with E-state index in [0.29, 0.717) is 11.6 Å². The number of hydrogen-bond donors (Lipinski definition) is 1. The van der Waals surface area contributed by atoms with E-state index in [1.54, 1.807) is 0 Å². The van der Waals surface area contributed by atoms with Crippen molar-refractivity contribution in [2.75, 3.05) is 20.1 Å². The van der Waals surface area contributed by atoms with E-state index in [0.717, 1.165) is 5.92 Å². The zero-order valence-corrected chi connectivity index (χ0v) is 11.3. The minimum atomic E-state index is 0.334. The first-order valence-corrected chi connectivity index (χ1v) is 7.07. The van der Waals surface area contributed by atoms with E-state index < -0.39 is 0 Å². The van der Waals surface area contributed by atoms with Crippen LogP contribution in [0, 0.1) is 5.92 Å². The van der Waals surface area contributed by atoms with Crippen LogP contribution >= 0.6 is 0 Å². The second-order valence-electron chi connectivity index (χ2n) is 6.22. The Labute approximate surface area is 101 Å².